The lowest BCUT2D eigenvalue weighted by Crippen LogP contribution is -2.55. The van der Waals surface area contributed by atoms with Crippen molar-refractivity contribution >= 4 is 15.9 Å². The van der Waals surface area contributed by atoms with Crippen LogP contribution in [-0.4, -0.2) is 80.9 Å². The summed E-state index contributed by atoms with van der Waals surface area (Å²) in [7, 11) is -3.37. The molecule has 2 aliphatic heterocycles. The van der Waals surface area contributed by atoms with Crippen molar-refractivity contribution in [1.29, 1.82) is 0 Å². The van der Waals surface area contributed by atoms with Gasteiger partial charge in [0.25, 0.3) is 0 Å². The maximum Gasteiger partial charge on any atom is 0.224 e. The van der Waals surface area contributed by atoms with Crippen molar-refractivity contribution in [2.75, 3.05) is 45.2 Å². The van der Waals surface area contributed by atoms with Crippen LogP contribution in [0.1, 0.15) is 32.1 Å². The van der Waals surface area contributed by atoms with Crippen LogP contribution in [0.5, 0.6) is 0 Å². The Kier molecular flexibility index (Phi) is 5.56. The number of carbonyl (C=O) groups excluding carboxylic acids is 1. The summed E-state index contributed by atoms with van der Waals surface area (Å²) in [6.45, 7) is 2.78. The van der Waals surface area contributed by atoms with Gasteiger partial charge in [-0.05, 0) is 12.8 Å². The van der Waals surface area contributed by atoms with E-state index >= 15 is 0 Å². The smallest absolute Gasteiger partial charge is 0.224 e. The Labute approximate surface area is 138 Å². The molecule has 1 saturated carbocycles. The number of amides is 1. The van der Waals surface area contributed by atoms with Gasteiger partial charge in [0.2, 0.25) is 15.9 Å². The molecule has 23 heavy (non-hydrogen) atoms. The molecule has 0 N–H and O–H groups in total. The SMILES string of the molecule is O=C(CCS(=O)(=O)N1CCOCC1)N1CCOC2CCCCC21. The molecule has 0 aromatic heterocycles. The Balaban J connectivity index is 1.55. The number of hydrogen-bond acceptors (Lipinski definition) is 5. The molecule has 3 rings (SSSR count). The van der Waals surface area contributed by atoms with Crippen LogP contribution in [0, 0.1) is 0 Å². The molecule has 3 aliphatic rings. The molecule has 0 aromatic rings. The summed E-state index contributed by atoms with van der Waals surface area (Å²) in [5, 5.41) is 0. The molecule has 2 heterocycles. The van der Waals surface area contributed by atoms with Gasteiger partial charge in [-0.15, -0.1) is 0 Å². The van der Waals surface area contributed by atoms with Crippen molar-refractivity contribution in [3.05, 3.63) is 0 Å². The summed E-state index contributed by atoms with van der Waals surface area (Å²) in [5.74, 6) is -0.164. The second-order valence-corrected chi connectivity index (χ2v) is 8.51. The molecular weight excluding hydrogens is 320 g/mol. The summed E-state index contributed by atoms with van der Waals surface area (Å²) >= 11 is 0. The fourth-order valence-electron chi connectivity index (χ4n) is 3.72. The Hall–Kier alpha value is -0.700. The Morgan fingerprint density at radius 3 is 2.57 bits per heavy atom. The first-order chi connectivity index (χ1) is 11.1. The first-order valence-corrected chi connectivity index (χ1v) is 10.2. The number of carbonyl (C=O) groups is 1. The van der Waals surface area contributed by atoms with E-state index in [1.165, 1.54) is 4.31 Å². The van der Waals surface area contributed by atoms with Crippen LogP contribution in [0.4, 0.5) is 0 Å². The van der Waals surface area contributed by atoms with Gasteiger partial charge in [0.05, 0.1) is 37.7 Å². The highest BCUT2D eigenvalue weighted by molar-refractivity contribution is 7.89. The molecule has 1 amide bonds. The third kappa shape index (κ3) is 4.04. The van der Waals surface area contributed by atoms with E-state index in [0.717, 1.165) is 25.7 Å². The van der Waals surface area contributed by atoms with Crippen molar-refractivity contribution in [3.63, 3.8) is 0 Å². The fraction of sp³-hybridized carbons (Fsp3) is 0.933. The average molecular weight is 346 g/mol. The Bertz CT molecular complexity index is 516. The Morgan fingerprint density at radius 1 is 1.04 bits per heavy atom. The standard InChI is InChI=1S/C15H26N2O5S/c18-15(5-12-23(19,20)16-6-9-21-10-7-16)17-8-11-22-14-4-2-1-3-13(14)17/h13-14H,1-12H2. The quantitative estimate of drug-likeness (QED) is 0.727. The van der Waals surface area contributed by atoms with Gasteiger partial charge in [-0.25, -0.2) is 8.42 Å². The van der Waals surface area contributed by atoms with Crippen LogP contribution in [-0.2, 0) is 24.3 Å². The highest BCUT2D eigenvalue weighted by Crippen LogP contribution is 2.28. The molecule has 2 unspecified atom stereocenters. The van der Waals surface area contributed by atoms with E-state index in [1.54, 1.807) is 0 Å². The van der Waals surface area contributed by atoms with Crippen molar-refractivity contribution in [1.82, 2.24) is 9.21 Å². The van der Waals surface area contributed by atoms with Crippen LogP contribution in [0.2, 0.25) is 0 Å². The second-order valence-electron chi connectivity index (χ2n) is 6.43. The molecule has 132 valence electrons. The zero-order chi connectivity index (χ0) is 16.3. The maximum atomic E-state index is 12.5. The third-order valence-corrected chi connectivity index (χ3v) is 6.86. The van der Waals surface area contributed by atoms with Gasteiger partial charge < -0.3 is 14.4 Å². The lowest BCUT2D eigenvalue weighted by atomic mass is 9.90. The molecule has 2 atom stereocenters. The van der Waals surface area contributed by atoms with E-state index in [2.05, 4.69) is 0 Å². The first-order valence-electron chi connectivity index (χ1n) is 8.54. The van der Waals surface area contributed by atoms with E-state index < -0.39 is 10.0 Å². The number of morpholine rings is 2. The first kappa shape index (κ1) is 17.1. The van der Waals surface area contributed by atoms with Gasteiger partial charge in [-0.3, -0.25) is 4.79 Å². The number of nitrogens with zero attached hydrogens (tertiary/aromatic N) is 2. The maximum absolute atomic E-state index is 12.5. The number of ether oxygens (including phenoxy) is 2. The minimum absolute atomic E-state index is 0.0537. The van der Waals surface area contributed by atoms with Gasteiger partial charge in [-0.1, -0.05) is 12.8 Å². The van der Waals surface area contributed by atoms with E-state index in [9.17, 15) is 13.2 Å². The van der Waals surface area contributed by atoms with Gasteiger partial charge >= 0.3 is 0 Å². The third-order valence-electron chi connectivity index (χ3n) is 4.99. The van der Waals surface area contributed by atoms with E-state index in [4.69, 9.17) is 9.47 Å². The molecule has 1 aliphatic carbocycles. The van der Waals surface area contributed by atoms with Crippen LogP contribution < -0.4 is 0 Å². The highest BCUT2D eigenvalue weighted by Gasteiger charge is 2.37. The molecule has 7 nitrogen and oxygen atoms in total. The van der Waals surface area contributed by atoms with E-state index in [1.807, 2.05) is 4.90 Å². The zero-order valence-electron chi connectivity index (χ0n) is 13.5. The highest BCUT2D eigenvalue weighted by atomic mass is 32.2. The molecular formula is C15H26N2O5S. The van der Waals surface area contributed by atoms with Gasteiger partial charge in [0, 0.05) is 26.1 Å². The van der Waals surface area contributed by atoms with E-state index in [0.29, 0.717) is 39.5 Å². The molecule has 8 heteroatoms. The van der Waals surface area contributed by atoms with Crippen LogP contribution in [0.3, 0.4) is 0 Å². The molecule has 0 bridgehead atoms. The summed E-state index contributed by atoms with van der Waals surface area (Å²) in [4.78, 5) is 14.4. The number of hydrogen-bond donors (Lipinski definition) is 0. The van der Waals surface area contributed by atoms with Gasteiger partial charge in [-0.2, -0.15) is 4.31 Å². The predicted octanol–water partition coefficient (Wildman–Crippen LogP) is 0.209. The van der Waals surface area contributed by atoms with Gasteiger partial charge in [0.1, 0.15) is 0 Å². The summed E-state index contributed by atoms with van der Waals surface area (Å²) in [5.41, 5.74) is 0. The number of sulfonamides is 1. The fourth-order valence-corrected chi connectivity index (χ4v) is 5.12. The molecule has 0 radical (unpaired) electrons. The monoisotopic (exact) mass is 346 g/mol. The minimum Gasteiger partial charge on any atom is -0.379 e. The largest absolute Gasteiger partial charge is 0.379 e. The van der Waals surface area contributed by atoms with Crippen molar-refractivity contribution in [2.45, 2.75) is 44.2 Å². The Morgan fingerprint density at radius 2 is 1.78 bits per heavy atom. The van der Waals surface area contributed by atoms with Crippen molar-refractivity contribution in [2.24, 2.45) is 0 Å². The number of rotatable bonds is 4. The molecule has 0 aromatic carbocycles. The second kappa shape index (κ2) is 7.46. The van der Waals surface area contributed by atoms with Crippen LogP contribution in [0.25, 0.3) is 0 Å². The van der Waals surface area contributed by atoms with Crippen molar-refractivity contribution < 1.29 is 22.7 Å². The number of fused-ring (bicyclic) bond motifs is 1. The van der Waals surface area contributed by atoms with Crippen LogP contribution in [0.15, 0.2) is 0 Å². The topological polar surface area (TPSA) is 76.2 Å². The minimum atomic E-state index is -3.37. The van der Waals surface area contributed by atoms with Gasteiger partial charge in [0.15, 0.2) is 0 Å². The van der Waals surface area contributed by atoms with E-state index in [-0.39, 0.29) is 30.2 Å². The zero-order valence-corrected chi connectivity index (χ0v) is 14.3. The summed E-state index contributed by atoms with van der Waals surface area (Å²) in [6.07, 6.45) is 4.42. The van der Waals surface area contributed by atoms with Crippen LogP contribution >= 0.6 is 0 Å². The normalized spacial score (nSPS) is 30.0. The lowest BCUT2D eigenvalue weighted by Gasteiger charge is -2.43. The predicted molar refractivity (Wildman–Crippen MR) is 84.5 cm³/mol. The molecule has 2 saturated heterocycles. The summed E-state index contributed by atoms with van der Waals surface area (Å²) < 4.78 is 37.0. The molecule has 0 spiro atoms. The molecule has 3 fully saturated rings. The average Bonchev–Trinajstić information content (AvgIpc) is 2.60. The summed E-state index contributed by atoms with van der Waals surface area (Å²) in [6, 6.07) is 0.135. The lowest BCUT2D eigenvalue weighted by molar-refractivity contribution is -0.149. The van der Waals surface area contributed by atoms with Crippen molar-refractivity contribution in [3.8, 4) is 0 Å².